The first-order valence-electron chi connectivity index (χ1n) is 5.16. The third-order valence-electron chi connectivity index (χ3n) is 2.61. The van der Waals surface area contributed by atoms with E-state index in [4.69, 9.17) is 10.2 Å². The maximum atomic E-state index is 11.0. The molecule has 2 aliphatic heterocycles. The molecule has 0 radical (unpaired) electrons. The van der Waals surface area contributed by atoms with Crippen LogP contribution in [0.4, 0.5) is 0 Å². The molecular weight excluding hydrogens is 218 g/mol. The number of primary amides is 1. The number of aromatic nitrogens is 2. The van der Waals surface area contributed by atoms with Gasteiger partial charge >= 0.3 is 0 Å². The van der Waals surface area contributed by atoms with E-state index in [1.807, 2.05) is 24.3 Å². The lowest BCUT2D eigenvalue weighted by atomic mass is 10.1. The minimum atomic E-state index is -0.438. The van der Waals surface area contributed by atoms with Gasteiger partial charge in [-0.25, -0.2) is 0 Å². The van der Waals surface area contributed by atoms with Gasteiger partial charge in [-0.1, -0.05) is 12.1 Å². The van der Waals surface area contributed by atoms with E-state index in [9.17, 15) is 4.79 Å². The van der Waals surface area contributed by atoms with Crippen LogP contribution in [0.15, 0.2) is 34.9 Å². The van der Waals surface area contributed by atoms with E-state index in [2.05, 4.69) is 10.2 Å². The van der Waals surface area contributed by atoms with Crippen molar-refractivity contribution in [1.82, 2.24) is 10.2 Å². The predicted molar refractivity (Wildman–Crippen MR) is 61.3 cm³/mol. The van der Waals surface area contributed by atoms with E-state index < -0.39 is 5.91 Å². The van der Waals surface area contributed by atoms with Crippen molar-refractivity contribution >= 4 is 16.9 Å². The third kappa shape index (κ3) is 1.52. The number of carbonyl (C=O) groups is 1. The first kappa shape index (κ1) is 9.77. The summed E-state index contributed by atoms with van der Waals surface area (Å²) in [4.78, 5) is 11.0. The molecule has 1 aromatic carbocycles. The first-order chi connectivity index (χ1) is 8.25. The van der Waals surface area contributed by atoms with Gasteiger partial charge in [-0.15, -0.1) is 5.10 Å². The average molecular weight is 227 g/mol. The van der Waals surface area contributed by atoms with Crippen LogP contribution >= 0.6 is 0 Å². The Bertz CT molecular complexity index is 675. The van der Waals surface area contributed by atoms with Crippen LogP contribution in [0.25, 0.3) is 22.2 Å². The van der Waals surface area contributed by atoms with Gasteiger partial charge in [-0.2, -0.15) is 5.10 Å². The van der Waals surface area contributed by atoms with E-state index in [1.54, 1.807) is 6.20 Å². The molecule has 17 heavy (non-hydrogen) atoms. The summed E-state index contributed by atoms with van der Waals surface area (Å²) in [6.07, 6.45) is 1.64. The molecule has 2 aliphatic rings. The molecule has 84 valence electrons. The smallest absolute Gasteiger partial charge is 0.225 e. The Morgan fingerprint density at radius 3 is 3.00 bits per heavy atom. The molecule has 1 amide bonds. The van der Waals surface area contributed by atoms with Gasteiger partial charge < -0.3 is 10.2 Å². The maximum Gasteiger partial charge on any atom is 0.225 e. The number of benzene rings is 1. The lowest BCUT2D eigenvalue weighted by molar-refractivity contribution is -0.117. The Morgan fingerprint density at radius 1 is 1.35 bits per heavy atom. The Morgan fingerprint density at radius 2 is 2.18 bits per heavy atom. The quantitative estimate of drug-likeness (QED) is 0.716. The van der Waals surface area contributed by atoms with Crippen molar-refractivity contribution in [3.8, 4) is 11.3 Å². The summed E-state index contributed by atoms with van der Waals surface area (Å²) in [5.41, 5.74) is 7.34. The highest BCUT2D eigenvalue weighted by Crippen LogP contribution is 2.32. The largest absolute Gasteiger partial charge is 0.460 e. The van der Waals surface area contributed by atoms with Crippen molar-refractivity contribution in [3.63, 3.8) is 0 Å². The minimum Gasteiger partial charge on any atom is -0.460 e. The number of rotatable bonds is 2. The fraction of sp³-hybridized carbons (Fsp3) is 0.0833. The number of para-hydroxylation sites is 1. The Labute approximate surface area is 96.6 Å². The lowest BCUT2D eigenvalue weighted by Crippen LogP contribution is -2.14. The van der Waals surface area contributed by atoms with E-state index in [0.29, 0.717) is 11.3 Å². The van der Waals surface area contributed by atoms with Crippen LogP contribution in [0, 0.1) is 0 Å². The molecule has 1 aromatic rings. The molecule has 5 nitrogen and oxygen atoms in total. The topological polar surface area (TPSA) is 82.0 Å². The summed E-state index contributed by atoms with van der Waals surface area (Å²) in [5, 5.41) is 8.79. The predicted octanol–water partition coefficient (Wildman–Crippen LogP) is 1.36. The number of nitrogens with two attached hydrogens (primary N) is 1. The number of hydrogen-bond donors (Lipinski definition) is 1. The molecule has 0 spiro atoms. The fourth-order valence-corrected chi connectivity index (χ4v) is 1.89. The second kappa shape index (κ2) is 3.55. The van der Waals surface area contributed by atoms with Gasteiger partial charge in [0.1, 0.15) is 17.0 Å². The number of nitrogens with zero attached hydrogens (tertiary/aromatic N) is 2. The molecule has 0 aromatic heterocycles. The van der Waals surface area contributed by atoms with Crippen molar-refractivity contribution < 1.29 is 9.21 Å². The van der Waals surface area contributed by atoms with Gasteiger partial charge in [-0.05, 0) is 12.1 Å². The number of carbonyl (C=O) groups excluding carboxylic acids is 1. The van der Waals surface area contributed by atoms with Crippen LogP contribution in [0.2, 0.25) is 0 Å². The first-order valence-corrected chi connectivity index (χ1v) is 5.16. The molecule has 3 rings (SSSR count). The minimum absolute atomic E-state index is 0.0503. The highest BCUT2D eigenvalue weighted by atomic mass is 16.3. The Balaban J connectivity index is 2.34. The van der Waals surface area contributed by atoms with Gasteiger partial charge in [0.25, 0.3) is 0 Å². The van der Waals surface area contributed by atoms with Crippen LogP contribution in [0.3, 0.4) is 0 Å². The second-order valence-corrected chi connectivity index (χ2v) is 3.77. The zero-order valence-corrected chi connectivity index (χ0v) is 8.88. The molecule has 0 aliphatic carbocycles. The molecule has 5 heteroatoms. The zero-order chi connectivity index (χ0) is 11.8. The number of fused-ring (bicyclic) bond motifs is 3. The molecule has 0 fully saturated rings. The maximum absolute atomic E-state index is 11.0. The molecule has 2 N–H and O–H groups in total. The van der Waals surface area contributed by atoms with Gasteiger partial charge in [0.05, 0.1) is 18.2 Å². The summed E-state index contributed by atoms with van der Waals surface area (Å²) < 4.78 is 5.66. The summed E-state index contributed by atoms with van der Waals surface area (Å²) in [6, 6.07) is 7.50. The monoisotopic (exact) mass is 227 g/mol. The SMILES string of the molecule is NC(=O)Cc1oc2ccccc2c2nncc1-2. The van der Waals surface area contributed by atoms with Crippen LogP contribution in [0.5, 0.6) is 0 Å². The molecule has 2 heterocycles. The highest BCUT2D eigenvalue weighted by Gasteiger charge is 2.18. The van der Waals surface area contributed by atoms with Crippen LogP contribution in [0.1, 0.15) is 5.76 Å². The summed E-state index contributed by atoms with van der Waals surface area (Å²) in [5.74, 6) is 0.0720. The van der Waals surface area contributed by atoms with Crippen molar-refractivity contribution in [1.29, 1.82) is 0 Å². The molecular formula is C12H9N3O2. The van der Waals surface area contributed by atoms with Crippen molar-refractivity contribution in [3.05, 3.63) is 36.2 Å². The third-order valence-corrected chi connectivity index (χ3v) is 2.61. The van der Waals surface area contributed by atoms with Crippen molar-refractivity contribution in [2.24, 2.45) is 5.73 Å². The van der Waals surface area contributed by atoms with Gasteiger partial charge in [0, 0.05) is 5.39 Å². The van der Waals surface area contributed by atoms with Gasteiger partial charge in [-0.3, -0.25) is 4.79 Å². The van der Waals surface area contributed by atoms with E-state index in [1.165, 1.54) is 0 Å². The van der Waals surface area contributed by atoms with Crippen LogP contribution < -0.4 is 5.73 Å². The summed E-state index contributed by atoms with van der Waals surface area (Å²) in [6.45, 7) is 0. The van der Waals surface area contributed by atoms with E-state index >= 15 is 0 Å². The molecule has 0 unspecified atom stereocenters. The van der Waals surface area contributed by atoms with Crippen LogP contribution in [-0.4, -0.2) is 16.1 Å². The molecule has 0 bridgehead atoms. The van der Waals surface area contributed by atoms with E-state index in [-0.39, 0.29) is 6.42 Å². The molecule has 0 saturated heterocycles. The van der Waals surface area contributed by atoms with Crippen molar-refractivity contribution in [2.45, 2.75) is 6.42 Å². The zero-order valence-electron chi connectivity index (χ0n) is 8.88. The standard InChI is InChI=1S/C12H9N3O2/c13-11(16)5-10-8-6-14-15-12(8)7-3-1-2-4-9(7)17-10/h1-4,6H,5H2,(H2,13,16). The van der Waals surface area contributed by atoms with Crippen LogP contribution in [-0.2, 0) is 11.2 Å². The fourth-order valence-electron chi connectivity index (χ4n) is 1.89. The lowest BCUT2D eigenvalue weighted by Gasteiger charge is -2.07. The number of hydrogen-bond acceptors (Lipinski definition) is 4. The Hall–Kier alpha value is -2.43. The Kier molecular flexibility index (Phi) is 2.04. The summed E-state index contributed by atoms with van der Waals surface area (Å²) >= 11 is 0. The molecule has 0 atom stereocenters. The summed E-state index contributed by atoms with van der Waals surface area (Å²) in [7, 11) is 0. The van der Waals surface area contributed by atoms with Gasteiger partial charge in [0.15, 0.2) is 0 Å². The van der Waals surface area contributed by atoms with Gasteiger partial charge in [0.2, 0.25) is 5.91 Å². The van der Waals surface area contributed by atoms with Crippen molar-refractivity contribution in [2.75, 3.05) is 0 Å². The number of amides is 1. The second-order valence-electron chi connectivity index (χ2n) is 3.77. The average Bonchev–Trinajstić information content (AvgIpc) is 2.78. The molecule has 0 saturated carbocycles. The van der Waals surface area contributed by atoms with E-state index in [0.717, 1.165) is 16.6 Å². The normalized spacial score (nSPS) is 11.1. The highest BCUT2D eigenvalue weighted by molar-refractivity contribution is 5.93.